The predicted octanol–water partition coefficient (Wildman–Crippen LogP) is 3.85. The van der Waals surface area contributed by atoms with Crippen LogP contribution in [0.15, 0.2) is 29.3 Å². The van der Waals surface area contributed by atoms with E-state index in [1.165, 1.54) is 31.2 Å². The highest BCUT2D eigenvalue weighted by Gasteiger charge is 2.30. The van der Waals surface area contributed by atoms with Crippen LogP contribution in [-0.4, -0.2) is 6.72 Å². The second-order valence-electron chi connectivity index (χ2n) is 4.48. The fraction of sp³-hybridized carbons (Fsp3) is 0.462. The van der Waals surface area contributed by atoms with Crippen molar-refractivity contribution in [2.24, 2.45) is 4.99 Å². The van der Waals surface area contributed by atoms with Crippen LogP contribution >= 0.6 is 0 Å². The Labute approximate surface area is 85.9 Å². The fourth-order valence-corrected chi connectivity index (χ4v) is 2.42. The Hall–Kier alpha value is -1.11. The van der Waals surface area contributed by atoms with Gasteiger partial charge in [-0.3, -0.25) is 4.99 Å². The van der Waals surface area contributed by atoms with Crippen LogP contribution in [0.2, 0.25) is 0 Å². The molecular formula is C13H17N. The normalized spacial score (nSPS) is 19.5. The van der Waals surface area contributed by atoms with E-state index in [0.717, 1.165) is 5.69 Å². The summed E-state index contributed by atoms with van der Waals surface area (Å²) in [5, 5.41) is 0. The summed E-state index contributed by atoms with van der Waals surface area (Å²) in [6.07, 6.45) is 5.35. The smallest absolute Gasteiger partial charge is 0.0625 e. The third-order valence-electron chi connectivity index (χ3n) is 3.43. The van der Waals surface area contributed by atoms with Gasteiger partial charge in [0.05, 0.1) is 5.69 Å². The molecule has 0 unspecified atom stereocenters. The van der Waals surface area contributed by atoms with Gasteiger partial charge in [0.25, 0.3) is 0 Å². The van der Waals surface area contributed by atoms with Gasteiger partial charge in [0.1, 0.15) is 0 Å². The molecule has 0 radical (unpaired) electrons. The van der Waals surface area contributed by atoms with Crippen molar-refractivity contribution in [3.8, 4) is 0 Å². The molecule has 74 valence electrons. The molecule has 0 aromatic heterocycles. The molecule has 0 spiro atoms. The van der Waals surface area contributed by atoms with E-state index in [0.29, 0.717) is 5.41 Å². The molecule has 1 aromatic carbocycles. The molecule has 1 saturated carbocycles. The van der Waals surface area contributed by atoms with E-state index in [1.807, 2.05) is 6.07 Å². The van der Waals surface area contributed by atoms with Crippen LogP contribution in [0.1, 0.15) is 38.2 Å². The molecule has 1 aliphatic rings. The Kier molecular flexibility index (Phi) is 2.40. The van der Waals surface area contributed by atoms with Crippen molar-refractivity contribution >= 4 is 12.4 Å². The molecule has 14 heavy (non-hydrogen) atoms. The number of hydrogen-bond acceptors (Lipinski definition) is 1. The molecule has 1 nitrogen and oxygen atoms in total. The van der Waals surface area contributed by atoms with Gasteiger partial charge in [-0.15, -0.1) is 0 Å². The molecule has 0 heterocycles. The molecule has 0 N–H and O–H groups in total. The van der Waals surface area contributed by atoms with Crippen molar-refractivity contribution in [1.82, 2.24) is 0 Å². The Morgan fingerprint density at radius 3 is 2.64 bits per heavy atom. The average molecular weight is 187 g/mol. The Bertz CT molecular complexity index is 335. The number of benzene rings is 1. The monoisotopic (exact) mass is 187 g/mol. The molecule has 1 heteroatoms. The molecule has 0 atom stereocenters. The van der Waals surface area contributed by atoms with Crippen molar-refractivity contribution in [2.45, 2.75) is 38.0 Å². The zero-order chi connectivity index (χ0) is 10.0. The molecule has 2 rings (SSSR count). The van der Waals surface area contributed by atoms with Crippen molar-refractivity contribution in [1.29, 1.82) is 0 Å². The minimum absolute atomic E-state index is 0.390. The van der Waals surface area contributed by atoms with E-state index >= 15 is 0 Å². The summed E-state index contributed by atoms with van der Waals surface area (Å²) in [5.74, 6) is 0. The van der Waals surface area contributed by atoms with Gasteiger partial charge < -0.3 is 0 Å². The van der Waals surface area contributed by atoms with E-state index in [1.54, 1.807) is 0 Å². The lowest BCUT2D eigenvalue weighted by atomic mass is 9.81. The minimum atomic E-state index is 0.390. The molecule has 0 amide bonds. The average Bonchev–Trinajstić information content (AvgIpc) is 2.67. The van der Waals surface area contributed by atoms with Crippen LogP contribution in [0, 0.1) is 0 Å². The first-order valence-corrected chi connectivity index (χ1v) is 5.32. The van der Waals surface area contributed by atoms with Crippen molar-refractivity contribution in [3.05, 3.63) is 29.8 Å². The van der Waals surface area contributed by atoms with Crippen LogP contribution in [0.5, 0.6) is 0 Å². The summed E-state index contributed by atoms with van der Waals surface area (Å²) in [6.45, 7) is 5.93. The SMILES string of the molecule is C=Nc1cccc(C2(C)CCCC2)c1. The van der Waals surface area contributed by atoms with Crippen LogP contribution < -0.4 is 0 Å². The molecule has 1 aromatic rings. The van der Waals surface area contributed by atoms with Crippen LogP contribution in [0.3, 0.4) is 0 Å². The van der Waals surface area contributed by atoms with E-state index in [2.05, 4.69) is 36.8 Å². The second-order valence-corrected chi connectivity index (χ2v) is 4.48. The lowest BCUT2D eigenvalue weighted by molar-refractivity contribution is 0.491. The molecule has 0 saturated heterocycles. The Morgan fingerprint density at radius 2 is 2.00 bits per heavy atom. The Morgan fingerprint density at radius 1 is 1.29 bits per heavy atom. The van der Waals surface area contributed by atoms with Crippen molar-refractivity contribution < 1.29 is 0 Å². The number of nitrogens with zero attached hydrogens (tertiary/aromatic N) is 1. The molecule has 1 fully saturated rings. The Balaban J connectivity index is 2.35. The third kappa shape index (κ3) is 1.59. The summed E-state index contributed by atoms with van der Waals surface area (Å²) in [7, 11) is 0. The number of rotatable bonds is 2. The first kappa shape index (κ1) is 9.45. The lowest BCUT2D eigenvalue weighted by Gasteiger charge is -2.24. The summed E-state index contributed by atoms with van der Waals surface area (Å²) < 4.78 is 0. The van der Waals surface area contributed by atoms with Gasteiger partial charge in [0, 0.05) is 0 Å². The topological polar surface area (TPSA) is 12.4 Å². The summed E-state index contributed by atoms with van der Waals surface area (Å²) in [6, 6.07) is 8.50. The quantitative estimate of drug-likeness (QED) is 0.623. The zero-order valence-corrected chi connectivity index (χ0v) is 8.79. The van der Waals surface area contributed by atoms with Gasteiger partial charge in [-0.25, -0.2) is 0 Å². The second kappa shape index (κ2) is 3.56. The lowest BCUT2D eigenvalue weighted by Crippen LogP contribution is -2.16. The highest BCUT2D eigenvalue weighted by Crippen LogP contribution is 2.41. The third-order valence-corrected chi connectivity index (χ3v) is 3.43. The molecule has 0 aliphatic heterocycles. The highest BCUT2D eigenvalue weighted by atomic mass is 14.7. The molecule has 0 bridgehead atoms. The van der Waals surface area contributed by atoms with Gasteiger partial charge in [-0.1, -0.05) is 31.9 Å². The van der Waals surface area contributed by atoms with Gasteiger partial charge in [-0.2, -0.15) is 0 Å². The summed E-state index contributed by atoms with van der Waals surface area (Å²) in [5.41, 5.74) is 2.82. The number of aliphatic imine (C=N–C) groups is 1. The van der Waals surface area contributed by atoms with E-state index < -0.39 is 0 Å². The summed E-state index contributed by atoms with van der Waals surface area (Å²) in [4.78, 5) is 3.98. The molecular weight excluding hydrogens is 170 g/mol. The van der Waals surface area contributed by atoms with Crippen molar-refractivity contribution in [2.75, 3.05) is 0 Å². The van der Waals surface area contributed by atoms with Crippen LogP contribution in [-0.2, 0) is 5.41 Å². The van der Waals surface area contributed by atoms with Gasteiger partial charge in [0.15, 0.2) is 0 Å². The minimum Gasteiger partial charge on any atom is -0.265 e. The highest BCUT2D eigenvalue weighted by molar-refractivity contribution is 5.48. The van der Waals surface area contributed by atoms with Crippen LogP contribution in [0.25, 0.3) is 0 Å². The van der Waals surface area contributed by atoms with E-state index in [4.69, 9.17) is 0 Å². The van der Waals surface area contributed by atoms with Crippen LogP contribution in [0.4, 0.5) is 5.69 Å². The maximum Gasteiger partial charge on any atom is 0.0625 e. The largest absolute Gasteiger partial charge is 0.265 e. The fourth-order valence-electron chi connectivity index (χ4n) is 2.42. The number of hydrogen-bond donors (Lipinski definition) is 0. The van der Waals surface area contributed by atoms with Crippen molar-refractivity contribution in [3.63, 3.8) is 0 Å². The summed E-state index contributed by atoms with van der Waals surface area (Å²) >= 11 is 0. The standard InChI is InChI=1S/C13H17N/c1-13(8-3-4-9-13)11-6-5-7-12(10-11)14-2/h5-7,10H,2-4,8-9H2,1H3. The maximum atomic E-state index is 3.98. The van der Waals surface area contributed by atoms with Gasteiger partial charge >= 0.3 is 0 Å². The first-order chi connectivity index (χ1) is 6.74. The first-order valence-electron chi connectivity index (χ1n) is 5.32. The van der Waals surface area contributed by atoms with Gasteiger partial charge in [-0.05, 0) is 42.7 Å². The maximum absolute atomic E-state index is 3.98. The van der Waals surface area contributed by atoms with E-state index in [9.17, 15) is 0 Å². The van der Waals surface area contributed by atoms with E-state index in [-0.39, 0.29) is 0 Å². The molecule has 1 aliphatic carbocycles. The predicted molar refractivity (Wildman–Crippen MR) is 61.5 cm³/mol. The zero-order valence-electron chi connectivity index (χ0n) is 8.79. The van der Waals surface area contributed by atoms with Gasteiger partial charge in [0.2, 0.25) is 0 Å².